The highest BCUT2D eigenvalue weighted by molar-refractivity contribution is 5.42. The van der Waals surface area contributed by atoms with Crippen molar-refractivity contribution in [1.29, 1.82) is 0 Å². The largest absolute Gasteiger partial charge is 0.493 e. The Morgan fingerprint density at radius 3 is 2.43 bits per heavy atom. The molecule has 1 aromatic carbocycles. The normalized spacial score (nSPS) is 10.6. The van der Waals surface area contributed by atoms with Crippen molar-refractivity contribution in [2.24, 2.45) is 0 Å². The van der Waals surface area contributed by atoms with E-state index in [4.69, 9.17) is 9.47 Å². The van der Waals surface area contributed by atoms with Crippen molar-refractivity contribution in [2.45, 2.75) is 58.9 Å². The molecule has 0 aliphatic rings. The van der Waals surface area contributed by atoms with Gasteiger partial charge >= 0.3 is 0 Å². The van der Waals surface area contributed by atoms with E-state index in [2.05, 4.69) is 31.3 Å². The molecule has 1 N–H and O–H groups in total. The molecule has 3 heteroatoms. The fraction of sp³-hybridized carbons (Fsp3) is 0.667. The van der Waals surface area contributed by atoms with E-state index in [-0.39, 0.29) is 0 Å². The number of unbranched alkanes of at least 4 members (excludes halogenated alkanes) is 5. The number of hydrogen-bond acceptors (Lipinski definition) is 3. The van der Waals surface area contributed by atoms with Crippen LogP contribution in [0.3, 0.4) is 0 Å². The molecule has 1 rings (SSSR count). The summed E-state index contributed by atoms with van der Waals surface area (Å²) in [5.41, 5.74) is 1.23. The number of benzene rings is 1. The van der Waals surface area contributed by atoms with Gasteiger partial charge in [0.25, 0.3) is 0 Å². The molecule has 0 bridgehead atoms. The average Bonchev–Trinajstić information content (AvgIpc) is 2.52. The third-order valence-corrected chi connectivity index (χ3v) is 3.56. The Labute approximate surface area is 130 Å². The highest BCUT2D eigenvalue weighted by Crippen LogP contribution is 2.28. The highest BCUT2D eigenvalue weighted by Gasteiger charge is 2.05. The molecule has 0 saturated heterocycles. The van der Waals surface area contributed by atoms with Crippen LogP contribution in [0.5, 0.6) is 11.5 Å². The molecular weight excluding hydrogens is 262 g/mol. The van der Waals surface area contributed by atoms with Gasteiger partial charge in [0, 0.05) is 6.54 Å². The van der Waals surface area contributed by atoms with Gasteiger partial charge < -0.3 is 14.8 Å². The minimum atomic E-state index is 0.771. The first-order valence-electron chi connectivity index (χ1n) is 8.32. The molecule has 0 saturated carbocycles. The fourth-order valence-electron chi connectivity index (χ4n) is 2.28. The SMILES string of the molecule is CCCCCCCCOc1cc(CNCC)ccc1OC. The Balaban J connectivity index is 2.37. The molecule has 0 radical (unpaired) electrons. The Hall–Kier alpha value is -1.22. The first-order valence-corrected chi connectivity index (χ1v) is 8.32. The van der Waals surface area contributed by atoms with E-state index in [0.29, 0.717) is 0 Å². The monoisotopic (exact) mass is 293 g/mol. The maximum absolute atomic E-state index is 5.90. The molecule has 0 aromatic heterocycles. The van der Waals surface area contributed by atoms with Gasteiger partial charge in [-0.15, -0.1) is 0 Å². The Morgan fingerprint density at radius 1 is 0.952 bits per heavy atom. The first-order chi connectivity index (χ1) is 10.3. The molecular formula is C18H31NO2. The molecule has 0 unspecified atom stereocenters. The van der Waals surface area contributed by atoms with Crippen LogP contribution in [-0.4, -0.2) is 20.3 Å². The topological polar surface area (TPSA) is 30.5 Å². The lowest BCUT2D eigenvalue weighted by atomic mass is 10.1. The number of nitrogens with one attached hydrogen (secondary N) is 1. The van der Waals surface area contributed by atoms with Crippen molar-refractivity contribution in [3.63, 3.8) is 0 Å². The quantitative estimate of drug-likeness (QED) is 0.574. The van der Waals surface area contributed by atoms with E-state index in [9.17, 15) is 0 Å². The van der Waals surface area contributed by atoms with Gasteiger partial charge in [-0.1, -0.05) is 52.0 Å². The molecule has 1 aromatic rings. The molecule has 0 aliphatic carbocycles. The second kappa shape index (κ2) is 11.4. The second-order valence-corrected chi connectivity index (χ2v) is 5.38. The van der Waals surface area contributed by atoms with Gasteiger partial charge in [-0.05, 0) is 30.7 Å². The van der Waals surface area contributed by atoms with Crippen molar-refractivity contribution >= 4 is 0 Å². The summed E-state index contributed by atoms with van der Waals surface area (Å²) in [5.74, 6) is 1.68. The Kier molecular flexibility index (Phi) is 9.71. The summed E-state index contributed by atoms with van der Waals surface area (Å²) in [6.45, 7) is 6.97. The Bertz CT molecular complexity index is 379. The van der Waals surface area contributed by atoms with Crippen molar-refractivity contribution in [1.82, 2.24) is 5.32 Å². The molecule has 0 spiro atoms. The summed E-state index contributed by atoms with van der Waals surface area (Å²) in [6.07, 6.45) is 7.67. The van der Waals surface area contributed by atoms with Crippen molar-refractivity contribution in [3.8, 4) is 11.5 Å². The van der Waals surface area contributed by atoms with Crippen LogP contribution in [0.1, 0.15) is 57.9 Å². The lowest BCUT2D eigenvalue weighted by molar-refractivity contribution is 0.284. The third-order valence-electron chi connectivity index (χ3n) is 3.56. The van der Waals surface area contributed by atoms with Crippen LogP contribution >= 0.6 is 0 Å². The smallest absolute Gasteiger partial charge is 0.161 e. The van der Waals surface area contributed by atoms with Crippen LogP contribution in [0.25, 0.3) is 0 Å². The second-order valence-electron chi connectivity index (χ2n) is 5.38. The molecule has 3 nitrogen and oxygen atoms in total. The minimum Gasteiger partial charge on any atom is -0.493 e. The average molecular weight is 293 g/mol. The zero-order valence-corrected chi connectivity index (χ0v) is 13.9. The van der Waals surface area contributed by atoms with E-state index in [1.165, 1.54) is 37.7 Å². The van der Waals surface area contributed by atoms with Crippen LogP contribution in [0.15, 0.2) is 18.2 Å². The van der Waals surface area contributed by atoms with Gasteiger partial charge in [0.15, 0.2) is 11.5 Å². The van der Waals surface area contributed by atoms with Gasteiger partial charge in [0.2, 0.25) is 0 Å². The lowest BCUT2D eigenvalue weighted by Crippen LogP contribution is -2.11. The summed E-state index contributed by atoms with van der Waals surface area (Å²) in [6, 6.07) is 6.15. The molecule has 0 amide bonds. The summed E-state index contributed by atoms with van der Waals surface area (Å²) in [4.78, 5) is 0. The van der Waals surface area contributed by atoms with Crippen LogP contribution < -0.4 is 14.8 Å². The van der Waals surface area contributed by atoms with Gasteiger partial charge in [0.05, 0.1) is 13.7 Å². The molecule has 21 heavy (non-hydrogen) atoms. The van der Waals surface area contributed by atoms with Crippen LogP contribution in [0.4, 0.5) is 0 Å². The lowest BCUT2D eigenvalue weighted by Gasteiger charge is -2.12. The van der Waals surface area contributed by atoms with E-state index >= 15 is 0 Å². The summed E-state index contributed by atoms with van der Waals surface area (Å²) in [5, 5.41) is 3.33. The zero-order valence-electron chi connectivity index (χ0n) is 13.9. The summed E-state index contributed by atoms with van der Waals surface area (Å²) in [7, 11) is 1.69. The van der Waals surface area contributed by atoms with E-state index < -0.39 is 0 Å². The molecule has 0 fully saturated rings. The van der Waals surface area contributed by atoms with Crippen molar-refractivity contribution < 1.29 is 9.47 Å². The van der Waals surface area contributed by atoms with Crippen LogP contribution in [0.2, 0.25) is 0 Å². The predicted octanol–water partition coefficient (Wildman–Crippen LogP) is 4.54. The maximum Gasteiger partial charge on any atom is 0.161 e. The van der Waals surface area contributed by atoms with Gasteiger partial charge in [-0.2, -0.15) is 0 Å². The Morgan fingerprint density at radius 2 is 1.71 bits per heavy atom. The van der Waals surface area contributed by atoms with Gasteiger partial charge in [-0.3, -0.25) is 0 Å². The minimum absolute atomic E-state index is 0.771. The standard InChI is InChI=1S/C18H31NO2/c1-4-6-7-8-9-10-13-21-18-14-16(15-19-5-2)11-12-17(18)20-3/h11-12,14,19H,4-10,13,15H2,1-3H3. The van der Waals surface area contributed by atoms with Crippen LogP contribution in [0, 0.1) is 0 Å². The highest BCUT2D eigenvalue weighted by atomic mass is 16.5. The van der Waals surface area contributed by atoms with Crippen molar-refractivity contribution in [2.75, 3.05) is 20.3 Å². The van der Waals surface area contributed by atoms with Crippen molar-refractivity contribution in [3.05, 3.63) is 23.8 Å². The summed E-state index contributed by atoms with van der Waals surface area (Å²) >= 11 is 0. The molecule has 0 atom stereocenters. The number of rotatable bonds is 12. The summed E-state index contributed by atoms with van der Waals surface area (Å²) < 4.78 is 11.3. The third kappa shape index (κ3) is 7.37. The number of methoxy groups -OCH3 is 1. The predicted molar refractivity (Wildman–Crippen MR) is 89.2 cm³/mol. The maximum atomic E-state index is 5.90. The number of ether oxygens (including phenoxy) is 2. The van der Waals surface area contributed by atoms with E-state index in [1.54, 1.807) is 7.11 Å². The zero-order chi connectivity index (χ0) is 15.3. The molecule has 0 aliphatic heterocycles. The molecule has 120 valence electrons. The van der Waals surface area contributed by atoms with Crippen LogP contribution in [-0.2, 0) is 6.54 Å². The van der Waals surface area contributed by atoms with E-state index in [1.807, 2.05) is 6.07 Å². The molecule has 0 heterocycles. The van der Waals surface area contributed by atoms with Gasteiger partial charge in [0.1, 0.15) is 0 Å². The first kappa shape index (κ1) is 17.8. The number of hydrogen-bond donors (Lipinski definition) is 1. The van der Waals surface area contributed by atoms with E-state index in [0.717, 1.165) is 37.6 Å². The fourth-order valence-corrected chi connectivity index (χ4v) is 2.28. The van der Waals surface area contributed by atoms with Gasteiger partial charge in [-0.25, -0.2) is 0 Å².